The predicted octanol–water partition coefficient (Wildman–Crippen LogP) is 2.77. The van der Waals surface area contributed by atoms with E-state index in [-0.39, 0.29) is 0 Å². The molecule has 0 atom stereocenters. The zero-order chi connectivity index (χ0) is 10.4. The molecule has 0 aromatic heterocycles. The van der Waals surface area contributed by atoms with Crippen LogP contribution in [0.1, 0.15) is 5.56 Å². The maximum atomic E-state index is 4.21. The number of thiol groups is 1. The standard InChI is InChI=1S/C11H17NS2/c1-12(7-8-13)9-10-3-5-11(14-2)6-4-10/h3-6,13H,7-9H2,1-2H3. The summed E-state index contributed by atoms with van der Waals surface area (Å²) < 4.78 is 0. The molecule has 0 N–H and O–H groups in total. The van der Waals surface area contributed by atoms with Gasteiger partial charge in [-0.25, -0.2) is 0 Å². The molecule has 1 nitrogen and oxygen atoms in total. The van der Waals surface area contributed by atoms with Gasteiger partial charge in [0.2, 0.25) is 0 Å². The number of benzene rings is 1. The molecular formula is C11H17NS2. The van der Waals surface area contributed by atoms with Crippen LogP contribution in [-0.4, -0.2) is 30.5 Å². The van der Waals surface area contributed by atoms with E-state index in [1.54, 1.807) is 11.8 Å². The molecule has 1 rings (SSSR count). The molecular weight excluding hydrogens is 210 g/mol. The average molecular weight is 227 g/mol. The fraction of sp³-hybridized carbons (Fsp3) is 0.455. The van der Waals surface area contributed by atoms with Crippen LogP contribution in [0.2, 0.25) is 0 Å². The second-order valence-corrected chi connectivity index (χ2v) is 4.64. The third kappa shape index (κ3) is 3.95. The summed E-state index contributed by atoms with van der Waals surface area (Å²) in [5.41, 5.74) is 1.37. The van der Waals surface area contributed by atoms with Crippen LogP contribution in [0.5, 0.6) is 0 Å². The van der Waals surface area contributed by atoms with E-state index in [2.05, 4.69) is 55.1 Å². The molecule has 0 spiro atoms. The zero-order valence-corrected chi connectivity index (χ0v) is 10.4. The van der Waals surface area contributed by atoms with Crippen LogP contribution >= 0.6 is 24.4 Å². The molecule has 0 amide bonds. The van der Waals surface area contributed by atoms with Crippen LogP contribution < -0.4 is 0 Å². The first-order chi connectivity index (χ1) is 6.76. The summed E-state index contributed by atoms with van der Waals surface area (Å²) in [6.07, 6.45) is 2.10. The molecule has 0 aliphatic rings. The summed E-state index contributed by atoms with van der Waals surface area (Å²) in [4.78, 5) is 3.60. The molecule has 3 heteroatoms. The van der Waals surface area contributed by atoms with Crippen molar-refractivity contribution < 1.29 is 0 Å². The molecule has 0 radical (unpaired) electrons. The van der Waals surface area contributed by atoms with Gasteiger partial charge in [-0.1, -0.05) is 12.1 Å². The largest absolute Gasteiger partial charge is 0.301 e. The maximum absolute atomic E-state index is 4.21. The molecule has 1 aromatic rings. The monoisotopic (exact) mass is 227 g/mol. The molecule has 0 bridgehead atoms. The van der Waals surface area contributed by atoms with Crippen molar-refractivity contribution in [2.45, 2.75) is 11.4 Å². The quantitative estimate of drug-likeness (QED) is 0.608. The van der Waals surface area contributed by atoms with Crippen LogP contribution in [0.25, 0.3) is 0 Å². The predicted molar refractivity (Wildman–Crippen MR) is 68.4 cm³/mol. The Kier molecular flexibility index (Phi) is 5.45. The van der Waals surface area contributed by atoms with Crippen molar-refractivity contribution in [1.82, 2.24) is 4.90 Å². The van der Waals surface area contributed by atoms with Gasteiger partial charge in [-0.3, -0.25) is 0 Å². The van der Waals surface area contributed by atoms with Crippen LogP contribution in [0, 0.1) is 0 Å². The van der Waals surface area contributed by atoms with E-state index < -0.39 is 0 Å². The van der Waals surface area contributed by atoms with Gasteiger partial charge in [0, 0.05) is 23.7 Å². The minimum absolute atomic E-state index is 0.916. The van der Waals surface area contributed by atoms with Crippen molar-refractivity contribution in [3.05, 3.63) is 29.8 Å². The lowest BCUT2D eigenvalue weighted by molar-refractivity contribution is 0.349. The lowest BCUT2D eigenvalue weighted by Crippen LogP contribution is -2.19. The highest BCUT2D eigenvalue weighted by Crippen LogP contribution is 2.15. The number of hydrogen-bond donors (Lipinski definition) is 1. The highest BCUT2D eigenvalue weighted by Gasteiger charge is 1.98. The van der Waals surface area contributed by atoms with Crippen LogP contribution in [0.15, 0.2) is 29.2 Å². The molecule has 0 heterocycles. The molecule has 0 fully saturated rings. The minimum Gasteiger partial charge on any atom is -0.301 e. The first-order valence-corrected chi connectivity index (χ1v) is 6.54. The van der Waals surface area contributed by atoms with Crippen molar-refractivity contribution in [3.63, 3.8) is 0 Å². The maximum Gasteiger partial charge on any atom is 0.0231 e. The van der Waals surface area contributed by atoms with E-state index in [4.69, 9.17) is 0 Å². The first kappa shape index (κ1) is 12.0. The van der Waals surface area contributed by atoms with Crippen molar-refractivity contribution >= 4 is 24.4 Å². The van der Waals surface area contributed by atoms with E-state index in [1.807, 2.05) is 0 Å². The van der Waals surface area contributed by atoms with Crippen LogP contribution in [-0.2, 0) is 6.54 Å². The van der Waals surface area contributed by atoms with Crippen molar-refractivity contribution in [3.8, 4) is 0 Å². The Morgan fingerprint density at radius 1 is 1.29 bits per heavy atom. The van der Waals surface area contributed by atoms with Gasteiger partial charge in [0.1, 0.15) is 0 Å². The highest BCUT2D eigenvalue weighted by atomic mass is 32.2. The Bertz CT molecular complexity index is 258. The second kappa shape index (κ2) is 6.38. The summed E-state index contributed by atoms with van der Waals surface area (Å²) in [6, 6.07) is 8.74. The molecule has 78 valence electrons. The fourth-order valence-corrected chi connectivity index (χ4v) is 2.04. The number of thioether (sulfide) groups is 1. The summed E-state index contributed by atoms with van der Waals surface area (Å²) >= 11 is 5.99. The van der Waals surface area contributed by atoms with Gasteiger partial charge in [-0.05, 0) is 31.0 Å². The zero-order valence-electron chi connectivity index (χ0n) is 8.73. The average Bonchev–Trinajstić information content (AvgIpc) is 2.19. The number of rotatable bonds is 5. The third-order valence-electron chi connectivity index (χ3n) is 2.09. The minimum atomic E-state index is 0.916. The van der Waals surface area contributed by atoms with Gasteiger partial charge in [-0.15, -0.1) is 11.8 Å². The number of nitrogens with zero attached hydrogens (tertiary/aromatic N) is 1. The van der Waals surface area contributed by atoms with Crippen LogP contribution in [0.3, 0.4) is 0 Å². The topological polar surface area (TPSA) is 3.24 Å². The molecule has 0 saturated carbocycles. The smallest absolute Gasteiger partial charge is 0.0231 e. The normalized spacial score (nSPS) is 10.9. The van der Waals surface area contributed by atoms with Gasteiger partial charge in [-0.2, -0.15) is 12.6 Å². The summed E-state index contributed by atoms with van der Waals surface area (Å²) in [6.45, 7) is 2.04. The Labute approximate surface area is 96.3 Å². The Hall–Kier alpha value is -0.120. The van der Waals surface area contributed by atoms with E-state index >= 15 is 0 Å². The van der Waals surface area contributed by atoms with Crippen molar-refractivity contribution in [2.75, 3.05) is 25.6 Å². The highest BCUT2D eigenvalue weighted by molar-refractivity contribution is 7.98. The lowest BCUT2D eigenvalue weighted by atomic mass is 10.2. The van der Waals surface area contributed by atoms with Gasteiger partial charge >= 0.3 is 0 Å². The van der Waals surface area contributed by atoms with Crippen molar-refractivity contribution in [1.29, 1.82) is 0 Å². The molecule has 0 unspecified atom stereocenters. The van der Waals surface area contributed by atoms with E-state index in [1.165, 1.54) is 10.5 Å². The summed E-state index contributed by atoms with van der Waals surface area (Å²) in [7, 11) is 2.12. The molecule has 0 aliphatic carbocycles. The SMILES string of the molecule is CSc1ccc(CN(C)CCS)cc1. The Morgan fingerprint density at radius 2 is 1.93 bits per heavy atom. The molecule has 14 heavy (non-hydrogen) atoms. The summed E-state index contributed by atoms with van der Waals surface area (Å²) in [5, 5.41) is 0. The Morgan fingerprint density at radius 3 is 2.43 bits per heavy atom. The third-order valence-corrected chi connectivity index (χ3v) is 3.04. The van der Waals surface area contributed by atoms with Gasteiger partial charge in [0.05, 0.1) is 0 Å². The molecule has 0 aliphatic heterocycles. The van der Waals surface area contributed by atoms with E-state index in [0.29, 0.717) is 0 Å². The van der Waals surface area contributed by atoms with Crippen LogP contribution in [0.4, 0.5) is 0 Å². The Balaban J connectivity index is 2.50. The number of hydrogen-bond acceptors (Lipinski definition) is 3. The molecule has 1 aromatic carbocycles. The second-order valence-electron chi connectivity index (χ2n) is 3.31. The van der Waals surface area contributed by atoms with Crippen molar-refractivity contribution in [2.24, 2.45) is 0 Å². The van der Waals surface area contributed by atoms with Gasteiger partial charge in [0.25, 0.3) is 0 Å². The van der Waals surface area contributed by atoms with E-state index in [0.717, 1.165) is 18.8 Å². The molecule has 0 saturated heterocycles. The van der Waals surface area contributed by atoms with Gasteiger partial charge < -0.3 is 4.90 Å². The summed E-state index contributed by atoms with van der Waals surface area (Å²) in [5.74, 6) is 0.916. The first-order valence-electron chi connectivity index (χ1n) is 4.68. The van der Waals surface area contributed by atoms with E-state index in [9.17, 15) is 0 Å². The lowest BCUT2D eigenvalue weighted by Gasteiger charge is -2.15. The fourth-order valence-electron chi connectivity index (χ4n) is 1.29. The van der Waals surface area contributed by atoms with Gasteiger partial charge in [0.15, 0.2) is 0 Å².